The summed E-state index contributed by atoms with van der Waals surface area (Å²) in [6.45, 7) is 8.90. The summed E-state index contributed by atoms with van der Waals surface area (Å²) in [4.78, 5) is 18.3. The summed E-state index contributed by atoms with van der Waals surface area (Å²) < 4.78 is 0. The Balaban J connectivity index is 1.96. The van der Waals surface area contributed by atoms with E-state index in [1.165, 1.54) is 4.88 Å². The number of nitrogens with one attached hydrogen (secondary N) is 1. The van der Waals surface area contributed by atoms with Crippen molar-refractivity contribution < 1.29 is 4.79 Å². The predicted molar refractivity (Wildman–Crippen MR) is 87.3 cm³/mol. The molecule has 2 rings (SSSR count). The van der Waals surface area contributed by atoms with Gasteiger partial charge in [0, 0.05) is 10.4 Å². The van der Waals surface area contributed by atoms with Gasteiger partial charge in [-0.3, -0.25) is 4.79 Å². The van der Waals surface area contributed by atoms with Crippen LogP contribution in [-0.4, -0.2) is 16.4 Å². The zero-order valence-electron chi connectivity index (χ0n) is 13.5. The fourth-order valence-electron chi connectivity index (χ4n) is 3.15. The third kappa shape index (κ3) is 3.83. The van der Waals surface area contributed by atoms with Gasteiger partial charge in [-0.1, -0.05) is 26.7 Å². The van der Waals surface area contributed by atoms with E-state index in [0.29, 0.717) is 12.5 Å². The van der Waals surface area contributed by atoms with Gasteiger partial charge in [-0.05, 0) is 32.6 Å². The van der Waals surface area contributed by atoms with Crippen molar-refractivity contribution >= 4 is 17.2 Å². The molecule has 1 amide bonds. The van der Waals surface area contributed by atoms with Gasteiger partial charge in [-0.15, -0.1) is 11.3 Å². The lowest BCUT2D eigenvalue weighted by Gasteiger charge is -2.37. The largest absolute Gasteiger partial charge is 0.349 e. The van der Waals surface area contributed by atoms with Gasteiger partial charge in [-0.2, -0.15) is 0 Å². The van der Waals surface area contributed by atoms with Crippen molar-refractivity contribution in [3.05, 3.63) is 15.6 Å². The average Bonchev–Trinajstić information content (AvgIpc) is 2.77. The number of hydrogen-bond acceptors (Lipinski definition) is 4. The summed E-state index contributed by atoms with van der Waals surface area (Å²) in [5, 5.41) is 4.02. The standard InChI is InChI=1S/C16H27N3OS/c1-10(2)14-11(3)21-13(19-14)9-18-15(20)12-7-5-6-8-16(12,4)17/h10,12H,5-9,17H2,1-4H3,(H,18,20). The number of thiazole rings is 1. The molecule has 1 aliphatic carbocycles. The van der Waals surface area contributed by atoms with E-state index in [4.69, 9.17) is 5.73 Å². The molecule has 4 nitrogen and oxygen atoms in total. The molecule has 0 bridgehead atoms. The molecule has 0 aliphatic heterocycles. The molecule has 1 fully saturated rings. The lowest BCUT2D eigenvalue weighted by molar-refractivity contribution is -0.128. The molecule has 21 heavy (non-hydrogen) atoms. The van der Waals surface area contributed by atoms with Crippen molar-refractivity contribution in [2.75, 3.05) is 0 Å². The normalized spacial score (nSPS) is 26.1. The number of hydrogen-bond donors (Lipinski definition) is 2. The van der Waals surface area contributed by atoms with Crippen LogP contribution in [0.2, 0.25) is 0 Å². The molecule has 1 aromatic rings. The Morgan fingerprint density at radius 1 is 1.52 bits per heavy atom. The van der Waals surface area contributed by atoms with Gasteiger partial charge in [0.1, 0.15) is 5.01 Å². The third-order valence-corrected chi connectivity index (χ3v) is 5.39. The smallest absolute Gasteiger partial charge is 0.225 e. The zero-order valence-corrected chi connectivity index (χ0v) is 14.3. The van der Waals surface area contributed by atoms with Gasteiger partial charge in [0.25, 0.3) is 0 Å². The van der Waals surface area contributed by atoms with E-state index in [1.54, 1.807) is 11.3 Å². The first-order chi connectivity index (χ1) is 9.81. The van der Waals surface area contributed by atoms with E-state index in [-0.39, 0.29) is 17.4 Å². The molecular weight excluding hydrogens is 282 g/mol. The first-order valence-corrected chi connectivity index (χ1v) is 8.65. The topological polar surface area (TPSA) is 68.0 Å². The third-order valence-electron chi connectivity index (χ3n) is 4.41. The SMILES string of the molecule is Cc1sc(CNC(=O)C2CCCCC2(C)N)nc1C(C)C. The lowest BCUT2D eigenvalue weighted by Crippen LogP contribution is -2.52. The van der Waals surface area contributed by atoms with E-state index >= 15 is 0 Å². The molecule has 5 heteroatoms. The van der Waals surface area contributed by atoms with Crippen molar-refractivity contribution in [1.29, 1.82) is 0 Å². The number of nitrogens with zero attached hydrogens (tertiary/aromatic N) is 1. The predicted octanol–water partition coefficient (Wildman–Crippen LogP) is 3.10. The van der Waals surface area contributed by atoms with Crippen molar-refractivity contribution in [2.24, 2.45) is 11.7 Å². The fraction of sp³-hybridized carbons (Fsp3) is 0.750. The van der Waals surface area contributed by atoms with Crippen LogP contribution in [0.4, 0.5) is 0 Å². The average molecular weight is 309 g/mol. The number of aromatic nitrogens is 1. The van der Waals surface area contributed by atoms with Crippen LogP contribution in [0, 0.1) is 12.8 Å². The zero-order chi connectivity index (χ0) is 15.6. The molecule has 0 radical (unpaired) electrons. The summed E-state index contributed by atoms with van der Waals surface area (Å²) >= 11 is 1.67. The highest BCUT2D eigenvalue weighted by atomic mass is 32.1. The quantitative estimate of drug-likeness (QED) is 0.898. The molecule has 0 aromatic carbocycles. The van der Waals surface area contributed by atoms with Crippen LogP contribution in [0.15, 0.2) is 0 Å². The molecule has 1 aromatic heterocycles. The number of amides is 1. The monoisotopic (exact) mass is 309 g/mol. The Morgan fingerprint density at radius 3 is 2.81 bits per heavy atom. The van der Waals surface area contributed by atoms with Crippen LogP contribution < -0.4 is 11.1 Å². The molecular formula is C16H27N3OS. The number of nitrogens with two attached hydrogens (primary N) is 1. The second kappa shape index (κ2) is 6.44. The van der Waals surface area contributed by atoms with Crippen LogP contribution in [0.5, 0.6) is 0 Å². The Kier molecular flexibility index (Phi) is 5.04. The van der Waals surface area contributed by atoms with E-state index in [1.807, 2.05) is 6.92 Å². The Labute approximate surface area is 131 Å². The summed E-state index contributed by atoms with van der Waals surface area (Å²) in [6.07, 6.45) is 4.05. The van der Waals surface area contributed by atoms with Gasteiger partial charge >= 0.3 is 0 Å². The van der Waals surface area contributed by atoms with Crippen molar-refractivity contribution in [3.63, 3.8) is 0 Å². The van der Waals surface area contributed by atoms with Gasteiger partial charge in [0.15, 0.2) is 0 Å². The summed E-state index contributed by atoms with van der Waals surface area (Å²) in [5.74, 6) is 0.437. The van der Waals surface area contributed by atoms with E-state index < -0.39 is 0 Å². The summed E-state index contributed by atoms with van der Waals surface area (Å²) in [7, 11) is 0. The van der Waals surface area contributed by atoms with Crippen LogP contribution >= 0.6 is 11.3 Å². The summed E-state index contributed by atoms with van der Waals surface area (Å²) in [6, 6.07) is 0. The molecule has 118 valence electrons. The molecule has 0 saturated heterocycles. The number of carbonyl (C=O) groups excluding carboxylic acids is 1. The van der Waals surface area contributed by atoms with Gasteiger partial charge in [0.2, 0.25) is 5.91 Å². The minimum Gasteiger partial charge on any atom is -0.349 e. The molecule has 1 saturated carbocycles. The Hall–Kier alpha value is -0.940. The molecule has 1 heterocycles. The number of rotatable bonds is 4. The van der Waals surface area contributed by atoms with E-state index in [0.717, 1.165) is 36.4 Å². The van der Waals surface area contributed by atoms with Crippen molar-refractivity contribution in [3.8, 4) is 0 Å². The van der Waals surface area contributed by atoms with Gasteiger partial charge in [0.05, 0.1) is 18.2 Å². The van der Waals surface area contributed by atoms with Gasteiger partial charge in [-0.25, -0.2) is 4.98 Å². The second-order valence-electron chi connectivity index (χ2n) is 6.73. The maximum Gasteiger partial charge on any atom is 0.225 e. The Bertz CT molecular complexity index is 508. The Morgan fingerprint density at radius 2 is 2.24 bits per heavy atom. The van der Waals surface area contributed by atoms with Crippen molar-refractivity contribution in [1.82, 2.24) is 10.3 Å². The highest BCUT2D eigenvalue weighted by Crippen LogP contribution is 2.32. The molecule has 2 atom stereocenters. The molecule has 2 unspecified atom stereocenters. The van der Waals surface area contributed by atoms with E-state index in [9.17, 15) is 4.79 Å². The maximum atomic E-state index is 12.4. The molecule has 0 spiro atoms. The minimum absolute atomic E-state index is 0.0723. The fourth-order valence-corrected chi connectivity index (χ4v) is 4.18. The van der Waals surface area contributed by atoms with Crippen LogP contribution in [0.1, 0.15) is 68.0 Å². The van der Waals surface area contributed by atoms with Crippen LogP contribution in [-0.2, 0) is 11.3 Å². The van der Waals surface area contributed by atoms with Crippen LogP contribution in [0.3, 0.4) is 0 Å². The van der Waals surface area contributed by atoms with E-state index in [2.05, 4.69) is 31.1 Å². The van der Waals surface area contributed by atoms with Gasteiger partial charge < -0.3 is 11.1 Å². The molecule has 1 aliphatic rings. The first-order valence-electron chi connectivity index (χ1n) is 7.84. The van der Waals surface area contributed by atoms with Crippen LogP contribution in [0.25, 0.3) is 0 Å². The molecule has 3 N–H and O–H groups in total. The minimum atomic E-state index is -0.371. The lowest BCUT2D eigenvalue weighted by atomic mass is 9.74. The first kappa shape index (κ1) is 16.4. The highest BCUT2D eigenvalue weighted by molar-refractivity contribution is 7.11. The van der Waals surface area contributed by atoms with Crippen molar-refractivity contribution in [2.45, 2.75) is 71.4 Å². The number of carbonyl (C=O) groups is 1. The summed E-state index contributed by atoms with van der Waals surface area (Å²) in [5.41, 5.74) is 7.06. The second-order valence-corrected chi connectivity index (χ2v) is 8.01. The maximum absolute atomic E-state index is 12.4. The highest BCUT2D eigenvalue weighted by Gasteiger charge is 2.37. The number of aryl methyl sites for hydroxylation is 1.